The third-order valence-corrected chi connectivity index (χ3v) is 6.50. The van der Waals surface area contributed by atoms with Crippen LogP contribution in [0.4, 0.5) is 16.2 Å². The molecule has 0 aliphatic rings. The van der Waals surface area contributed by atoms with Crippen LogP contribution in [0.1, 0.15) is 0 Å². The fraction of sp³-hybridized carbons (Fsp3) is 0.0455. The van der Waals surface area contributed by atoms with Crippen molar-refractivity contribution in [3.05, 3.63) is 78.1 Å². The third-order valence-electron chi connectivity index (χ3n) is 4.64. The SMILES string of the molecule is CNC(=O)Nc1ccc(S(=O)(=O)Nc2cccc(-c3ncnc4ccccc34)c2)c(Cl)c1. The highest BCUT2D eigenvalue weighted by molar-refractivity contribution is 7.92. The van der Waals surface area contributed by atoms with Crippen LogP contribution in [0.25, 0.3) is 22.2 Å². The van der Waals surface area contributed by atoms with Crippen molar-refractivity contribution in [2.24, 2.45) is 0 Å². The molecule has 8 nitrogen and oxygen atoms in total. The van der Waals surface area contributed by atoms with E-state index in [9.17, 15) is 13.2 Å². The molecular formula is C22H18ClN5O3S. The lowest BCUT2D eigenvalue weighted by molar-refractivity contribution is 0.254. The van der Waals surface area contributed by atoms with Gasteiger partial charge in [-0.25, -0.2) is 23.2 Å². The summed E-state index contributed by atoms with van der Waals surface area (Å²) in [5.41, 5.74) is 2.94. The molecule has 0 aliphatic heterocycles. The van der Waals surface area contributed by atoms with Gasteiger partial charge in [0.05, 0.1) is 16.2 Å². The number of halogens is 1. The molecule has 0 saturated carbocycles. The fourth-order valence-electron chi connectivity index (χ4n) is 3.17. The lowest BCUT2D eigenvalue weighted by atomic mass is 10.1. The number of aromatic nitrogens is 2. The van der Waals surface area contributed by atoms with Crippen molar-refractivity contribution >= 4 is 49.9 Å². The Morgan fingerprint density at radius 2 is 1.75 bits per heavy atom. The molecular weight excluding hydrogens is 450 g/mol. The Morgan fingerprint density at radius 3 is 2.53 bits per heavy atom. The van der Waals surface area contributed by atoms with Crippen molar-refractivity contribution in [2.45, 2.75) is 4.90 Å². The van der Waals surface area contributed by atoms with Gasteiger partial charge in [-0.15, -0.1) is 0 Å². The Hall–Kier alpha value is -3.69. The van der Waals surface area contributed by atoms with E-state index >= 15 is 0 Å². The van der Waals surface area contributed by atoms with Gasteiger partial charge in [0.15, 0.2) is 0 Å². The average Bonchev–Trinajstić information content (AvgIpc) is 2.78. The summed E-state index contributed by atoms with van der Waals surface area (Å²) in [5.74, 6) is 0. The highest BCUT2D eigenvalue weighted by Gasteiger charge is 2.19. The van der Waals surface area contributed by atoms with Crippen molar-refractivity contribution in [3.8, 4) is 11.3 Å². The Morgan fingerprint density at radius 1 is 0.938 bits per heavy atom. The summed E-state index contributed by atoms with van der Waals surface area (Å²) in [7, 11) is -2.51. The van der Waals surface area contributed by atoms with Gasteiger partial charge < -0.3 is 10.6 Å². The number of nitrogens with one attached hydrogen (secondary N) is 3. The van der Waals surface area contributed by atoms with Gasteiger partial charge in [0.2, 0.25) is 0 Å². The topological polar surface area (TPSA) is 113 Å². The van der Waals surface area contributed by atoms with Crippen molar-refractivity contribution < 1.29 is 13.2 Å². The van der Waals surface area contributed by atoms with E-state index in [2.05, 4.69) is 25.3 Å². The maximum Gasteiger partial charge on any atom is 0.318 e. The summed E-state index contributed by atoms with van der Waals surface area (Å²) in [4.78, 5) is 20.0. The van der Waals surface area contributed by atoms with Crippen LogP contribution >= 0.6 is 11.6 Å². The van der Waals surface area contributed by atoms with E-state index in [0.717, 1.165) is 16.5 Å². The number of nitrogens with zero attached hydrogens (tertiary/aromatic N) is 2. The second kappa shape index (κ2) is 8.81. The highest BCUT2D eigenvalue weighted by Crippen LogP contribution is 2.30. The molecule has 0 bridgehead atoms. The summed E-state index contributed by atoms with van der Waals surface area (Å²) in [6.45, 7) is 0. The molecule has 0 aliphatic carbocycles. The minimum absolute atomic E-state index is 0.0237. The zero-order chi connectivity index (χ0) is 22.7. The molecule has 4 rings (SSSR count). The zero-order valence-corrected chi connectivity index (χ0v) is 18.4. The number of carbonyl (C=O) groups is 1. The van der Waals surface area contributed by atoms with Gasteiger partial charge in [-0.3, -0.25) is 4.72 Å². The van der Waals surface area contributed by atoms with E-state index in [-0.39, 0.29) is 9.92 Å². The number of hydrogen-bond acceptors (Lipinski definition) is 5. The van der Waals surface area contributed by atoms with Crippen molar-refractivity contribution in [1.82, 2.24) is 15.3 Å². The van der Waals surface area contributed by atoms with Crippen LogP contribution < -0.4 is 15.4 Å². The molecule has 0 spiro atoms. The van der Waals surface area contributed by atoms with Gasteiger partial charge in [-0.05, 0) is 36.4 Å². The Balaban J connectivity index is 1.64. The number of benzene rings is 3. The van der Waals surface area contributed by atoms with Gasteiger partial charge in [0, 0.05) is 29.4 Å². The van der Waals surface area contributed by atoms with Crippen molar-refractivity contribution in [3.63, 3.8) is 0 Å². The summed E-state index contributed by atoms with van der Waals surface area (Å²) in [6, 6.07) is 18.2. The molecule has 162 valence electrons. The number of urea groups is 1. The Bertz CT molecular complexity index is 1420. The maximum atomic E-state index is 13.0. The number of anilines is 2. The lowest BCUT2D eigenvalue weighted by Gasteiger charge is -2.12. The predicted molar refractivity (Wildman–Crippen MR) is 125 cm³/mol. The maximum absolute atomic E-state index is 13.0. The van der Waals surface area contributed by atoms with Crippen LogP contribution in [0.5, 0.6) is 0 Å². The van der Waals surface area contributed by atoms with Crippen molar-refractivity contribution in [2.75, 3.05) is 17.1 Å². The van der Waals surface area contributed by atoms with Gasteiger partial charge in [0.25, 0.3) is 10.0 Å². The van der Waals surface area contributed by atoms with E-state index < -0.39 is 16.1 Å². The summed E-state index contributed by atoms with van der Waals surface area (Å²) in [5, 5.41) is 5.78. The number of hydrogen-bond donors (Lipinski definition) is 3. The minimum atomic E-state index is -3.98. The lowest BCUT2D eigenvalue weighted by Crippen LogP contribution is -2.24. The van der Waals surface area contributed by atoms with Gasteiger partial charge >= 0.3 is 6.03 Å². The highest BCUT2D eigenvalue weighted by atomic mass is 35.5. The molecule has 3 aromatic carbocycles. The zero-order valence-electron chi connectivity index (χ0n) is 16.8. The van der Waals surface area contributed by atoms with Gasteiger partial charge in [-0.2, -0.15) is 0 Å². The van der Waals surface area contributed by atoms with Crippen LogP contribution in [0, 0.1) is 0 Å². The first-order chi connectivity index (χ1) is 15.4. The molecule has 4 aromatic rings. The number of para-hydroxylation sites is 1. The van der Waals surface area contributed by atoms with E-state index in [1.807, 2.05) is 30.3 Å². The quantitative estimate of drug-likeness (QED) is 0.400. The molecule has 0 fully saturated rings. The molecule has 10 heteroatoms. The monoisotopic (exact) mass is 467 g/mol. The molecule has 2 amide bonds. The largest absolute Gasteiger partial charge is 0.341 e. The Kier molecular flexibility index (Phi) is 5.93. The number of fused-ring (bicyclic) bond motifs is 1. The first-order valence-corrected chi connectivity index (χ1v) is 11.3. The van der Waals surface area contributed by atoms with E-state index in [1.54, 1.807) is 18.2 Å². The normalized spacial score (nSPS) is 11.2. The van der Waals surface area contributed by atoms with Crippen LogP contribution in [0.2, 0.25) is 5.02 Å². The van der Waals surface area contributed by atoms with Crippen LogP contribution in [-0.2, 0) is 10.0 Å². The second-order valence-electron chi connectivity index (χ2n) is 6.78. The molecule has 0 radical (unpaired) electrons. The van der Waals surface area contributed by atoms with E-state index in [1.165, 1.54) is 31.6 Å². The molecule has 32 heavy (non-hydrogen) atoms. The van der Waals surface area contributed by atoms with Gasteiger partial charge in [0.1, 0.15) is 11.2 Å². The number of amides is 2. The van der Waals surface area contributed by atoms with Crippen LogP contribution in [0.15, 0.2) is 78.0 Å². The molecule has 0 saturated heterocycles. The number of carbonyl (C=O) groups excluding carboxylic acids is 1. The van der Waals surface area contributed by atoms with Crippen LogP contribution in [0.3, 0.4) is 0 Å². The number of rotatable bonds is 5. The molecule has 1 aromatic heterocycles. The average molecular weight is 468 g/mol. The first-order valence-electron chi connectivity index (χ1n) is 9.49. The Labute approximate surface area is 189 Å². The summed E-state index contributed by atoms with van der Waals surface area (Å²) in [6.07, 6.45) is 1.47. The molecule has 3 N–H and O–H groups in total. The van der Waals surface area contributed by atoms with Gasteiger partial charge in [-0.1, -0.05) is 41.9 Å². The molecule has 0 atom stereocenters. The predicted octanol–water partition coefficient (Wildman–Crippen LogP) is 4.50. The summed E-state index contributed by atoms with van der Waals surface area (Å²) < 4.78 is 28.5. The smallest absolute Gasteiger partial charge is 0.318 e. The minimum Gasteiger partial charge on any atom is -0.341 e. The van der Waals surface area contributed by atoms with Crippen LogP contribution in [-0.4, -0.2) is 31.5 Å². The second-order valence-corrected chi connectivity index (χ2v) is 8.83. The summed E-state index contributed by atoms with van der Waals surface area (Å²) >= 11 is 6.19. The third kappa shape index (κ3) is 4.48. The van der Waals surface area contributed by atoms with Crippen molar-refractivity contribution in [1.29, 1.82) is 0 Å². The first kappa shape index (κ1) is 21.5. The standard InChI is InChI=1S/C22H18ClN5O3S/c1-24-22(29)27-15-9-10-20(18(23)12-15)32(30,31)28-16-6-4-5-14(11-16)21-17-7-2-3-8-19(17)25-13-26-21/h2-13,28H,1H3,(H2,24,27,29). The van der Waals surface area contributed by atoms with E-state index in [0.29, 0.717) is 17.1 Å². The number of sulfonamides is 1. The molecule has 0 unspecified atom stereocenters. The fourth-order valence-corrected chi connectivity index (χ4v) is 4.76. The molecule has 1 heterocycles. The van der Waals surface area contributed by atoms with E-state index in [4.69, 9.17) is 11.6 Å².